The zero-order valence-electron chi connectivity index (χ0n) is 16.8. The Morgan fingerprint density at radius 3 is 2.31 bits per heavy atom. The smallest absolute Gasteiger partial charge is 0.259 e. The normalized spacial score (nSPS) is 18.6. The van der Waals surface area contributed by atoms with Crippen molar-refractivity contribution in [2.45, 2.75) is 31.8 Å². The average Bonchev–Trinajstić information content (AvgIpc) is 3.36. The standard InChI is InChI=1S/C24H27N3O2/c1-17-20-12-6-7-13-21(20)24(29)27(17)18(2)23(28)25-16-22(26-14-8-9-15-26)19-10-4-3-5-11-19/h3-7,10-13,18,22H,1,8-9,14-16H2,2H3,(H,25,28)/t18-,22+/m0/s1. The third-order valence-corrected chi connectivity index (χ3v) is 5.98. The number of rotatable bonds is 6. The van der Waals surface area contributed by atoms with Crippen molar-refractivity contribution in [3.05, 3.63) is 77.9 Å². The Hall–Kier alpha value is -2.92. The van der Waals surface area contributed by atoms with Crippen LogP contribution < -0.4 is 5.32 Å². The van der Waals surface area contributed by atoms with Crippen LogP contribution in [0.15, 0.2) is 61.2 Å². The Morgan fingerprint density at radius 2 is 1.66 bits per heavy atom. The molecule has 0 aliphatic carbocycles. The number of fused-ring (bicyclic) bond motifs is 1. The molecule has 0 unspecified atom stereocenters. The molecule has 1 fully saturated rings. The highest BCUT2D eigenvalue weighted by Crippen LogP contribution is 2.33. The van der Waals surface area contributed by atoms with Crippen LogP contribution in [0, 0.1) is 0 Å². The lowest BCUT2D eigenvalue weighted by Gasteiger charge is -2.30. The minimum atomic E-state index is -0.614. The highest BCUT2D eigenvalue weighted by Gasteiger charge is 2.37. The fraction of sp³-hybridized carbons (Fsp3) is 0.333. The molecule has 0 saturated carbocycles. The lowest BCUT2D eigenvalue weighted by atomic mass is 10.1. The van der Waals surface area contributed by atoms with E-state index in [1.165, 1.54) is 23.3 Å². The third kappa shape index (κ3) is 3.70. The maximum atomic E-state index is 13.0. The van der Waals surface area contributed by atoms with E-state index in [1.807, 2.05) is 36.4 Å². The summed E-state index contributed by atoms with van der Waals surface area (Å²) >= 11 is 0. The summed E-state index contributed by atoms with van der Waals surface area (Å²) in [6.45, 7) is 8.42. The van der Waals surface area contributed by atoms with Gasteiger partial charge >= 0.3 is 0 Å². The van der Waals surface area contributed by atoms with E-state index in [-0.39, 0.29) is 17.9 Å². The summed E-state index contributed by atoms with van der Waals surface area (Å²) in [5, 5.41) is 3.09. The SMILES string of the molecule is C=C1c2ccccc2C(=O)N1[C@@H](C)C(=O)NC[C@H](c1ccccc1)N1CCCC1. The Labute approximate surface area is 172 Å². The van der Waals surface area contributed by atoms with Crippen LogP contribution in [0.5, 0.6) is 0 Å². The van der Waals surface area contributed by atoms with E-state index in [1.54, 1.807) is 13.0 Å². The van der Waals surface area contributed by atoms with Crippen molar-refractivity contribution in [1.29, 1.82) is 0 Å². The molecule has 2 heterocycles. The molecular formula is C24H27N3O2. The molecule has 29 heavy (non-hydrogen) atoms. The topological polar surface area (TPSA) is 52.7 Å². The van der Waals surface area contributed by atoms with Gasteiger partial charge in [-0.25, -0.2) is 0 Å². The summed E-state index contributed by atoms with van der Waals surface area (Å²) in [5.41, 5.74) is 3.21. The van der Waals surface area contributed by atoms with E-state index < -0.39 is 6.04 Å². The molecule has 0 bridgehead atoms. The predicted octanol–water partition coefficient (Wildman–Crippen LogP) is 3.45. The van der Waals surface area contributed by atoms with Gasteiger partial charge in [0.25, 0.3) is 5.91 Å². The van der Waals surface area contributed by atoms with Gasteiger partial charge in [0.15, 0.2) is 0 Å². The van der Waals surface area contributed by atoms with Crippen molar-refractivity contribution in [2.24, 2.45) is 0 Å². The van der Waals surface area contributed by atoms with Crippen LogP contribution >= 0.6 is 0 Å². The summed E-state index contributed by atoms with van der Waals surface area (Å²) in [7, 11) is 0. The molecule has 2 aromatic rings. The maximum Gasteiger partial charge on any atom is 0.259 e. The highest BCUT2D eigenvalue weighted by molar-refractivity contribution is 6.10. The zero-order valence-corrected chi connectivity index (χ0v) is 16.8. The summed E-state index contributed by atoms with van der Waals surface area (Å²) < 4.78 is 0. The molecular weight excluding hydrogens is 362 g/mol. The van der Waals surface area contributed by atoms with Gasteiger partial charge in [0.2, 0.25) is 5.91 Å². The predicted molar refractivity (Wildman–Crippen MR) is 114 cm³/mol. The molecule has 0 radical (unpaired) electrons. The molecule has 5 heteroatoms. The van der Waals surface area contributed by atoms with Gasteiger partial charge in [-0.05, 0) is 44.5 Å². The van der Waals surface area contributed by atoms with Crippen molar-refractivity contribution < 1.29 is 9.59 Å². The first-order chi connectivity index (χ1) is 14.1. The lowest BCUT2D eigenvalue weighted by molar-refractivity contribution is -0.124. The summed E-state index contributed by atoms with van der Waals surface area (Å²) in [6.07, 6.45) is 2.38. The number of nitrogens with one attached hydrogen (secondary N) is 1. The largest absolute Gasteiger partial charge is 0.352 e. The van der Waals surface area contributed by atoms with Gasteiger partial charge in [-0.1, -0.05) is 55.1 Å². The molecule has 2 aromatic carbocycles. The van der Waals surface area contributed by atoms with Crippen LogP contribution in [0.2, 0.25) is 0 Å². The Kier molecular flexibility index (Phi) is 5.49. The number of carbonyl (C=O) groups excluding carboxylic acids is 2. The van der Waals surface area contributed by atoms with Gasteiger partial charge in [0, 0.05) is 23.4 Å². The number of benzene rings is 2. The van der Waals surface area contributed by atoms with E-state index in [9.17, 15) is 9.59 Å². The lowest BCUT2D eigenvalue weighted by Crippen LogP contribution is -2.47. The van der Waals surface area contributed by atoms with Gasteiger partial charge in [-0.15, -0.1) is 0 Å². The van der Waals surface area contributed by atoms with Crippen LogP contribution in [-0.4, -0.2) is 47.3 Å². The number of hydrogen-bond acceptors (Lipinski definition) is 3. The van der Waals surface area contributed by atoms with Gasteiger partial charge in [-0.2, -0.15) is 0 Å². The monoisotopic (exact) mass is 389 g/mol. The van der Waals surface area contributed by atoms with Crippen LogP contribution in [0.3, 0.4) is 0 Å². The molecule has 2 aliphatic rings. The Bertz CT molecular complexity index is 884. The van der Waals surface area contributed by atoms with Crippen molar-refractivity contribution >= 4 is 17.5 Å². The van der Waals surface area contributed by atoms with Crippen LogP contribution in [0.1, 0.15) is 47.3 Å². The van der Waals surface area contributed by atoms with Gasteiger partial charge < -0.3 is 5.32 Å². The van der Waals surface area contributed by atoms with E-state index >= 15 is 0 Å². The molecule has 1 saturated heterocycles. The molecule has 4 rings (SSSR count). The molecule has 0 spiro atoms. The number of likely N-dealkylation sites (tertiary alicyclic amines) is 1. The minimum Gasteiger partial charge on any atom is -0.352 e. The van der Waals surface area contributed by atoms with Crippen LogP contribution in [0.4, 0.5) is 0 Å². The average molecular weight is 389 g/mol. The first-order valence-electron chi connectivity index (χ1n) is 10.3. The third-order valence-electron chi connectivity index (χ3n) is 5.98. The zero-order chi connectivity index (χ0) is 20.4. The molecule has 2 aliphatic heterocycles. The second-order valence-electron chi connectivity index (χ2n) is 7.76. The summed E-state index contributed by atoms with van der Waals surface area (Å²) in [6, 6.07) is 17.2. The van der Waals surface area contributed by atoms with Crippen molar-refractivity contribution in [3.8, 4) is 0 Å². The van der Waals surface area contributed by atoms with Crippen molar-refractivity contribution in [2.75, 3.05) is 19.6 Å². The number of nitrogens with zero attached hydrogens (tertiary/aromatic N) is 2. The van der Waals surface area contributed by atoms with Crippen molar-refractivity contribution in [3.63, 3.8) is 0 Å². The van der Waals surface area contributed by atoms with E-state index in [4.69, 9.17) is 0 Å². The molecule has 2 atom stereocenters. The first-order valence-corrected chi connectivity index (χ1v) is 10.3. The number of carbonyl (C=O) groups is 2. The van der Waals surface area contributed by atoms with Crippen LogP contribution in [0.25, 0.3) is 5.70 Å². The quantitative estimate of drug-likeness (QED) is 0.823. The fourth-order valence-electron chi connectivity index (χ4n) is 4.36. The first kappa shape index (κ1) is 19.4. The Balaban J connectivity index is 1.46. The van der Waals surface area contributed by atoms with Crippen LogP contribution in [-0.2, 0) is 4.79 Å². The maximum absolute atomic E-state index is 13.0. The van der Waals surface area contributed by atoms with E-state index in [0.29, 0.717) is 17.8 Å². The molecule has 2 amide bonds. The molecule has 150 valence electrons. The summed E-state index contributed by atoms with van der Waals surface area (Å²) in [5.74, 6) is -0.320. The Morgan fingerprint density at radius 1 is 1.03 bits per heavy atom. The molecule has 5 nitrogen and oxygen atoms in total. The highest BCUT2D eigenvalue weighted by atomic mass is 16.2. The minimum absolute atomic E-state index is 0.143. The molecule has 1 N–H and O–H groups in total. The number of amides is 2. The second kappa shape index (κ2) is 8.21. The van der Waals surface area contributed by atoms with Gasteiger partial charge in [-0.3, -0.25) is 19.4 Å². The molecule has 0 aromatic heterocycles. The number of hydrogen-bond donors (Lipinski definition) is 1. The van der Waals surface area contributed by atoms with E-state index in [0.717, 1.165) is 18.7 Å². The fourth-order valence-corrected chi connectivity index (χ4v) is 4.36. The second-order valence-corrected chi connectivity index (χ2v) is 7.76. The van der Waals surface area contributed by atoms with Gasteiger partial charge in [0.1, 0.15) is 6.04 Å². The van der Waals surface area contributed by atoms with E-state index in [2.05, 4.69) is 28.9 Å². The summed E-state index contributed by atoms with van der Waals surface area (Å²) in [4.78, 5) is 29.7. The van der Waals surface area contributed by atoms with Gasteiger partial charge in [0.05, 0.1) is 6.04 Å². The van der Waals surface area contributed by atoms with Crippen molar-refractivity contribution in [1.82, 2.24) is 15.1 Å².